The van der Waals surface area contributed by atoms with Gasteiger partial charge in [0.15, 0.2) is 11.6 Å². The molecule has 1 fully saturated rings. The first-order chi connectivity index (χ1) is 14.1. The number of benzene rings is 1. The maximum atomic E-state index is 14.0. The number of amides is 1. The average Bonchev–Trinajstić information content (AvgIpc) is 3.22. The second-order valence-corrected chi connectivity index (χ2v) is 6.92. The molecule has 3 heterocycles. The molecule has 1 saturated heterocycles. The van der Waals surface area contributed by atoms with Crippen LogP contribution in [0.3, 0.4) is 0 Å². The molecule has 1 amide bonds. The van der Waals surface area contributed by atoms with Crippen molar-refractivity contribution in [3.05, 3.63) is 54.1 Å². The van der Waals surface area contributed by atoms with Crippen LogP contribution in [0.2, 0.25) is 0 Å². The minimum atomic E-state index is -0.547. The fourth-order valence-electron chi connectivity index (χ4n) is 3.50. The third-order valence-corrected chi connectivity index (χ3v) is 4.93. The number of rotatable bonds is 5. The van der Waals surface area contributed by atoms with Crippen LogP contribution in [0.5, 0.6) is 5.75 Å². The van der Waals surface area contributed by atoms with E-state index in [1.807, 2.05) is 0 Å². The monoisotopic (exact) mass is 397 g/mol. The molecule has 0 N–H and O–H groups in total. The topological polar surface area (TPSA) is 94.2 Å². The zero-order valence-corrected chi connectivity index (χ0v) is 15.9. The van der Waals surface area contributed by atoms with Gasteiger partial charge in [-0.05, 0) is 37.0 Å². The molecule has 0 radical (unpaired) electrons. The molecule has 29 heavy (non-hydrogen) atoms. The molecule has 8 nitrogen and oxygen atoms in total. The van der Waals surface area contributed by atoms with Gasteiger partial charge in [-0.15, -0.1) is 0 Å². The normalized spacial score (nSPS) is 16.6. The Hall–Kier alpha value is -3.36. The van der Waals surface area contributed by atoms with Crippen LogP contribution in [-0.4, -0.2) is 51.1 Å². The van der Waals surface area contributed by atoms with Gasteiger partial charge in [0, 0.05) is 37.5 Å². The van der Waals surface area contributed by atoms with Gasteiger partial charge < -0.3 is 14.2 Å². The van der Waals surface area contributed by atoms with E-state index in [4.69, 9.17) is 9.26 Å². The first-order valence-corrected chi connectivity index (χ1v) is 9.36. The highest BCUT2D eigenvalue weighted by Crippen LogP contribution is 2.24. The van der Waals surface area contributed by atoms with Crippen molar-refractivity contribution in [2.45, 2.75) is 19.3 Å². The first-order valence-electron chi connectivity index (χ1n) is 9.36. The average molecular weight is 397 g/mol. The van der Waals surface area contributed by atoms with E-state index >= 15 is 0 Å². The molecule has 1 atom stereocenters. The number of carbonyl (C=O) groups excluding carboxylic acids is 1. The molecule has 4 rings (SSSR count). The Balaban J connectivity index is 1.41. The lowest BCUT2D eigenvalue weighted by Gasteiger charge is -2.32. The third-order valence-electron chi connectivity index (χ3n) is 4.93. The smallest absolute Gasteiger partial charge is 0.253 e. The molecular weight excluding hydrogens is 377 g/mol. The number of ether oxygens (including phenoxy) is 1. The van der Waals surface area contributed by atoms with Gasteiger partial charge in [0.05, 0.1) is 13.3 Å². The van der Waals surface area contributed by atoms with Gasteiger partial charge in [-0.1, -0.05) is 5.16 Å². The molecule has 2 aromatic heterocycles. The summed E-state index contributed by atoms with van der Waals surface area (Å²) in [5, 5.41) is 3.96. The number of aromatic nitrogens is 4. The molecule has 1 aliphatic rings. The Morgan fingerprint density at radius 3 is 3.03 bits per heavy atom. The molecule has 0 saturated carbocycles. The number of methoxy groups -OCH3 is 1. The molecule has 9 heteroatoms. The molecule has 0 spiro atoms. The van der Waals surface area contributed by atoms with Crippen LogP contribution in [0.1, 0.15) is 29.1 Å². The fraction of sp³-hybridized carbons (Fsp3) is 0.350. The van der Waals surface area contributed by atoms with E-state index in [0.29, 0.717) is 42.5 Å². The second-order valence-electron chi connectivity index (χ2n) is 6.92. The first kappa shape index (κ1) is 19.0. The number of nitrogens with zero attached hydrogens (tertiary/aromatic N) is 5. The van der Waals surface area contributed by atoms with E-state index in [1.165, 1.54) is 19.2 Å². The fourth-order valence-corrected chi connectivity index (χ4v) is 3.50. The molecular formula is C20H20FN5O3. The second kappa shape index (κ2) is 8.34. The SMILES string of the molecule is COc1ccc(C(=O)N2CCCC(Cc3nc(-c4cnccn4)no3)C2)cc1F. The summed E-state index contributed by atoms with van der Waals surface area (Å²) in [6.07, 6.45) is 7.09. The van der Waals surface area contributed by atoms with Crippen molar-refractivity contribution < 1.29 is 18.4 Å². The standard InChI is InChI=1S/C20H20FN5O3/c1-28-17-5-4-14(10-15(17)21)20(27)26-8-2-3-13(12-26)9-18-24-19(25-29-18)16-11-22-6-7-23-16/h4-7,10-11,13H,2-3,8-9,12H2,1H3. The highest BCUT2D eigenvalue weighted by atomic mass is 19.1. The van der Waals surface area contributed by atoms with Gasteiger partial charge in [-0.3, -0.25) is 9.78 Å². The number of likely N-dealkylation sites (tertiary alicyclic amines) is 1. The number of hydrogen-bond donors (Lipinski definition) is 0. The Bertz CT molecular complexity index is 995. The predicted molar refractivity (Wildman–Crippen MR) is 101 cm³/mol. The maximum absolute atomic E-state index is 14.0. The van der Waals surface area contributed by atoms with Crippen molar-refractivity contribution in [1.82, 2.24) is 25.0 Å². The zero-order chi connectivity index (χ0) is 20.2. The van der Waals surface area contributed by atoms with Crippen LogP contribution in [0, 0.1) is 11.7 Å². The highest BCUT2D eigenvalue weighted by Gasteiger charge is 2.27. The third kappa shape index (κ3) is 4.23. The molecule has 1 aliphatic heterocycles. The van der Waals surface area contributed by atoms with E-state index in [1.54, 1.807) is 29.6 Å². The van der Waals surface area contributed by atoms with Gasteiger partial charge in [0.1, 0.15) is 5.69 Å². The summed E-state index contributed by atoms with van der Waals surface area (Å²) >= 11 is 0. The van der Waals surface area contributed by atoms with Gasteiger partial charge in [-0.2, -0.15) is 4.98 Å². The van der Waals surface area contributed by atoms with Crippen molar-refractivity contribution in [3.8, 4) is 17.3 Å². The van der Waals surface area contributed by atoms with Gasteiger partial charge in [-0.25, -0.2) is 9.37 Å². The van der Waals surface area contributed by atoms with E-state index in [-0.39, 0.29) is 17.6 Å². The lowest BCUT2D eigenvalue weighted by molar-refractivity contribution is 0.0667. The van der Waals surface area contributed by atoms with E-state index in [9.17, 15) is 9.18 Å². The van der Waals surface area contributed by atoms with Crippen molar-refractivity contribution in [2.24, 2.45) is 5.92 Å². The predicted octanol–water partition coefficient (Wildman–Crippen LogP) is 2.77. The summed E-state index contributed by atoms with van der Waals surface area (Å²) in [4.78, 5) is 27.1. The zero-order valence-electron chi connectivity index (χ0n) is 15.9. The van der Waals surface area contributed by atoms with E-state index in [0.717, 1.165) is 12.8 Å². The Kier molecular flexibility index (Phi) is 5.46. The minimum Gasteiger partial charge on any atom is -0.494 e. The number of halogens is 1. The maximum Gasteiger partial charge on any atom is 0.253 e. The Morgan fingerprint density at radius 1 is 1.38 bits per heavy atom. The molecule has 1 unspecified atom stereocenters. The Morgan fingerprint density at radius 2 is 2.28 bits per heavy atom. The summed E-state index contributed by atoms with van der Waals surface area (Å²) < 4.78 is 24.2. The lowest BCUT2D eigenvalue weighted by Crippen LogP contribution is -2.40. The van der Waals surface area contributed by atoms with Gasteiger partial charge in [0.25, 0.3) is 5.91 Å². The number of carbonyl (C=O) groups is 1. The van der Waals surface area contributed by atoms with Crippen LogP contribution in [0.15, 0.2) is 41.3 Å². The summed E-state index contributed by atoms with van der Waals surface area (Å²) in [5.74, 6) is 0.460. The Labute approximate surface area is 166 Å². The number of hydrogen-bond acceptors (Lipinski definition) is 7. The van der Waals surface area contributed by atoms with Crippen molar-refractivity contribution >= 4 is 5.91 Å². The summed E-state index contributed by atoms with van der Waals surface area (Å²) in [6, 6.07) is 4.27. The molecule has 3 aromatic rings. The van der Waals surface area contributed by atoms with E-state index < -0.39 is 5.82 Å². The van der Waals surface area contributed by atoms with E-state index in [2.05, 4.69) is 20.1 Å². The quantitative estimate of drug-likeness (QED) is 0.653. The lowest BCUT2D eigenvalue weighted by atomic mass is 9.94. The minimum absolute atomic E-state index is 0.119. The van der Waals surface area contributed by atoms with Crippen molar-refractivity contribution in [2.75, 3.05) is 20.2 Å². The summed E-state index contributed by atoms with van der Waals surface area (Å²) in [6.45, 7) is 1.19. The molecule has 1 aromatic carbocycles. The van der Waals surface area contributed by atoms with Crippen LogP contribution >= 0.6 is 0 Å². The van der Waals surface area contributed by atoms with Gasteiger partial charge in [0.2, 0.25) is 11.7 Å². The number of piperidine rings is 1. The van der Waals surface area contributed by atoms with Gasteiger partial charge >= 0.3 is 0 Å². The van der Waals surface area contributed by atoms with Crippen LogP contribution in [-0.2, 0) is 6.42 Å². The van der Waals surface area contributed by atoms with Crippen molar-refractivity contribution in [3.63, 3.8) is 0 Å². The van der Waals surface area contributed by atoms with Crippen LogP contribution < -0.4 is 4.74 Å². The van der Waals surface area contributed by atoms with Crippen LogP contribution in [0.4, 0.5) is 4.39 Å². The molecule has 0 aliphatic carbocycles. The summed E-state index contributed by atoms with van der Waals surface area (Å²) in [5.41, 5.74) is 0.858. The highest BCUT2D eigenvalue weighted by molar-refractivity contribution is 5.94. The largest absolute Gasteiger partial charge is 0.494 e. The van der Waals surface area contributed by atoms with Crippen molar-refractivity contribution in [1.29, 1.82) is 0 Å². The van der Waals surface area contributed by atoms with Crippen LogP contribution in [0.25, 0.3) is 11.5 Å². The molecule has 150 valence electrons. The molecule has 0 bridgehead atoms. The summed E-state index contributed by atoms with van der Waals surface area (Å²) in [7, 11) is 1.39.